The molecule has 120 valence electrons. The van der Waals surface area contributed by atoms with Crippen LogP contribution in [0.15, 0.2) is 0 Å². The normalized spacial score (nSPS) is 29.1. The average Bonchev–Trinajstić information content (AvgIpc) is 2.43. The Kier molecular flexibility index (Phi) is 5.25. The molecule has 0 bridgehead atoms. The van der Waals surface area contributed by atoms with Gasteiger partial charge in [0.05, 0.1) is 0 Å². The molecule has 5 nitrogen and oxygen atoms in total. The minimum atomic E-state index is -0.322. The fourth-order valence-corrected chi connectivity index (χ4v) is 3.55. The summed E-state index contributed by atoms with van der Waals surface area (Å²) in [5.74, 6) is 0.308. The fourth-order valence-electron chi connectivity index (χ4n) is 3.55. The molecular weight excluding hydrogens is 266 g/mol. The number of hydrogen-bond donors (Lipinski definition) is 1. The highest BCUT2D eigenvalue weighted by atomic mass is 16.2. The van der Waals surface area contributed by atoms with Crippen molar-refractivity contribution >= 4 is 11.8 Å². The monoisotopic (exact) mass is 295 g/mol. The first-order valence-corrected chi connectivity index (χ1v) is 8.26. The van der Waals surface area contributed by atoms with E-state index in [4.69, 9.17) is 0 Å². The Hall–Kier alpha value is -1.10. The standard InChI is InChI=1S/C16H29N3O2/c1-5-6-13-16(21)19(12-7-9-18(4)10-8-12)14(11(2)3)15(20)17-13/h11-14H,5-10H2,1-4H3,(H,17,20). The van der Waals surface area contributed by atoms with E-state index in [0.717, 1.165) is 38.8 Å². The molecule has 2 saturated heterocycles. The van der Waals surface area contributed by atoms with Crippen LogP contribution in [0.2, 0.25) is 0 Å². The molecule has 2 atom stereocenters. The van der Waals surface area contributed by atoms with Gasteiger partial charge in [0.1, 0.15) is 12.1 Å². The summed E-state index contributed by atoms with van der Waals surface area (Å²) in [5, 5.41) is 2.94. The van der Waals surface area contributed by atoms with E-state index in [-0.39, 0.29) is 35.9 Å². The van der Waals surface area contributed by atoms with E-state index in [1.54, 1.807) is 0 Å². The van der Waals surface area contributed by atoms with Gasteiger partial charge in [-0.1, -0.05) is 27.2 Å². The highest BCUT2D eigenvalue weighted by Crippen LogP contribution is 2.26. The number of piperazine rings is 1. The second-order valence-electron chi connectivity index (χ2n) is 6.82. The lowest BCUT2D eigenvalue weighted by atomic mass is 9.91. The largest absolute Gasteiger partial charge is 0.342 e. The molecule has 0 spiro atoms. The zero-order chi connectivity index (χ0) is 15.6. The highest BCUT2D eigenvalue weighted by molar-refractivity contribution is 5.97. The quantitative estimate of drug-likeness (QED) is 0.849. The molecule has 0 aliphatic carbocycles. The van der Waals surface area contributed by atoms with Gasteiger partial charge in [-0.2, -0.15) is 0 Å². The van der Waals surface area contributed by atoms with Gasteiger partial charge in [-0.05, 0) is 45.3 Å². The fraction of sp³-hybridized carbons (Fsp3) is 0.875. The van der Waals surface area contributed by atoms with Gasteiger partial charge in [0, 0.05) is 6.04 Å². The zero-order valence-electron chi connectivity index (χ0n) is 13.8. The van der Waals surface area contributed by atoms with Crippen molar-refractivity contribution in [3.63, 3.8) is 0 Å². The highest BCUT2D eigenvalue weighted by Gasteiger charge is 2.44. The van der Waals surface area contributed by atoms with Crippen LogP contribution in [0.25, 0.3) is 0 Å². The molecular formula is C16H29N3O2. The second kappa shape index (κ2) is 6.77. The molecule has 2 amide bonds. The van der Waals surface area contributed by atoms with Crippen LogP contribution in [-0.4, -0.2) is 59.9 Å². The summed E-state index contributed by atoms with van der Waals surface area (Å²) in [7, 11) is 2.11. The third-order valence-corrected chi connectivity index (χ3v) is 4.73. The maximum Gasteiger partial charge on any atom is 0.246 e. The Bertz CT molecular complexity index is 389. The number of likely N-dealkylation sites (tertiary alicyclic amines) is 1. The smallest absolute Gasteiger partial charge is 0.246 e. The lowest BCUT2D eigenvalue weighted by Gasteiger charge is -2.47. The van der Waals surface area contributed by atoms with Crippen LogP contribution in [0.1, 0.15) is 46.5 Å². The van der Waals surface area contributed by atoms with E-state index < -0.39 is 0 Å². The van der Waals surface area contributed by atoms with Crippen molar-refractivity contribution in [2.45, 2.75) is 64.6 Å². The maximum absolute atomic E-state index is 12.9. The Morgan fingerprint density at radius 1 is 1.24 bits per heavy atom. The van der Waals surface area contributed by atoms with Crippen molar-refractivity contribution in [2.24, 2.45) is 5.92 Å². The van der Waals surface area contributed by atoms with Crippen molar-refractivity contribution in [1.82, 2.24) is 15.1 Å². The molecule has 2 rings (SSSR count). The molecule has 0 saturated carbocycles. The first kappa shape index (κ1) is 16.3. The van der Waals surface area contributed by atoms with Crippen LogP contribution >= 0.6 is 0 Å². The van der Waals surface area contributed by atoms with E-state index >= 15 is 0 Å². The molecule has 2 heterocycles. The lowest BCUT2D eigenvalue weighted by molar-refractivity contribution is -0.155. The third-order valence-electron chi connectivity index (χ3n) is 4.73. The first-order valence-electron chi connectivity index (χ1n) is 8.26. The van der Waals surface area contributed by atoms with Gasteiger partial charge in [-0.3, -0.25) is 9.59 Å². The lowest BCUT2D eigenvalue weighted by Crippen LogP contribution is -2.67. The molecule has 2 unspecified atom stereocenters. The summed E-state index contributed by atoms with van der Waals surface area (Å²) < 4.78 is 0. The molecule has 21 heavy (non-hydrogen) atoms. The summed E-state index contributed by atoms with van der Waals surface area (Å²) in [6, 6.07) is -0.414. The molecule has 2 aliphatic rings. The number of rotatable bonds is 4. The number of nitrogens with one attached hydrogen (secondary N) is 1. The number of carbonyl (C=O) groups is 2. The molecule has 1 N–H and O–H groups in total. The van der Waals surface area contributed by atoms with Crippen molar-refractivity contribution in [1.29, 1.82) is 0 Å². The van der Waals surface area contributed by atoms with Crippen LogP contribution in [0, 0.1) is 5.92 Å². The van der Waals surface area contributed by atoms with Crippen LogP contribution in [0.4, 0.5) is 0 Å². The van der Waals surface area contributed by atoms with Gasteiger partial charge in [-0.15, -0.1) is 0 Å². The van der Waals surface area contributed by atoms with Gasteiger partial charge in [-0.25, -0.2) is 0 Å². The van der Waals surface area contributed by atoms with Crippen LogP contribution in [0.5, 0.6) is 0 Å². The van der Waals surface area contributed by atoms with Crippen LogP contribution < -0.4 is 5.32 Å². The predicted octanol–water partition coefficient (Wildman–Crippen LogP) is 1.23. The van der Waals surface area contributed by atoms with Crippen molar-refractivity contribution in [3.05, 3.63) is 0 Å². The van der Waals surface area contributed by atoms with Gasteiger partial charge in [0.25, 0.3) is 0 Å². The van der Waals surface area contributed by atoms with Crippen LogP contribution in [-0.2, 0) is 9.59 Å². The molecule has 2 aliphatic heterocycles. The molecule has 0 aromatic carbocycles. The van der Waals surface area contributed by atoms with E-state index in [9.17, 15) is 9.59 Å². The summed E-state index contributed by atoms with van der Waals surface area (Å²) >= 11 is 0. The number of piperidine rings is 1. The molecule has 2 fully saturated rings. The van der Waals surface area contributed by atoms with Gasteiger partial charge >= 0.3 is 0 Å². The molecule has 5 heteroatoms. The van der Waals surface area contributed by atoms with Crippen molar-refractivity contribution in [2.75, 3.05) is 20.1 Å². The second-order valence-corrected chi connectivity index (χ2v) is 6.82. The number of carbonyl (C=O) groups excluding carboxylic acids is 2. The number of amides is 2. The summed E-state index contributed by atoms with van der Waals surface area (Å²) in [4.78, 5) is 29.5. The summed E-state index contributed by atoms with van der Waals surface area (Å²) in [6.07, 6.45) is 3.58. The van der Waals surface area contributed by atoms with Gasteiger partial charge in [0.2, 0.25) is 11.8 Å². The number of nitrogens with zero attached hydrogens (tertiary/aromatic N) is 2. The van der Waals surface area contributed by atoms with Gasteiger partial charge in [0.15, 0.2) is 0 Å². The predicted molar refractivity (Wildman–Crippen MR) is 82.8 cm³/mol. The first-order chi connectivity index (χ1) is 9.95. The average molecular weight is 295 g/mol. The van der Waals surface area contributed by atoms with E-state index in [1.165, 1.54) is 0 Å². The van der Waals surface area contributed by atoms with Crippen LogP contribution in [0.3, 0.4) is 0 Å². The van der Waals surface area contributed by atoms with Gasteiger partial charge < -0.3 is 15.1 Å². The Balaban J connectivity index is 2.21. The molecule has 0 aromatic heterocycles. The topological polar surface area (TPSA) is 52.7 Å². The zero-order valence-corrected chi connectivity index (χ0v) is 13.8. The van der Waals surface area contributed by atoms with E-state index in [1.807, 2.05) is 25.7 Å². The Morgan fingerprint density at radius 2 is 1.86 bits per heavy atom. The molecule has 0 aromatic rings. The SMILES string of the molecule is CCCC1NC(=O)C(C(C)C)N(C2CCN(C)CC2)C1=O. The Labute approximate surface area is 128 Å². The van der Waals surface area contributed by atoms with E-state index in [2.05, 4.69) is 17.3 Å². The van der Waals surface area contributed by atoms with Crippen molar-refractivity contribution in [3.8, 4) is 0 Å². The van der Waals surface area contributed by atoms with E-state index in [0.29, 0.717) is 0 Å². The minimum Gasteiger partial charge on any atom is -0.342 e. The minimum absolute atomic E-state index is 0.0296. The third kappa shape index (κ3) is 3.39. The summed E-state index contributed by atoms with van der Waals surface area (Å²) in [6.45, 7) is 8.10. The van der Waals surface area contributed by atoms with Crippen molar-refractivity contribution < 1.29 is 9.59 Å². The molecule has 0 radical (unpaired) electrons. The summed E-state index contributed by atoms with van der Waals surface area (Å²) in [5.41, 5.74) is 0. The Morgan fingerprint density at radius 3 is 2.38 bits per heavy atom. The number of hydrogen-bond acceptors (Lipinski definition) is 3. The maximum atomic E-state index is 12.9.